The molecule has 5 nitrogen and oxygen atoms in total. The molecular weight excluding hydrogens is 306 g/mol. The van der Waals surface area contributed by atoms with Crippen molar-refractivity contribution in [2.75, 3.05) is 26.3 Å². The van der Waals surface area contributed by atoms with Gasteiger partial charge in [-0.3, -0.25) is 4.79 Å². The van der Waals surface area contributed by atoms with Crippen LogP contribution in [-0.2, 0) is 9.53 Å². The van der Waals surface area contributed by atoms with Gasteiger partial charge in [0.2, 0.25) is 0 Å². The number of amides is 1. The Morgan fingerprint density at radius 1 is 1.48 bits per heavy atom. The summed E-state index contributed by atoms with van der Waals surface area (Å²) in [4.78, 5) is 15.8. The minimum Gasteiger partial charge on any atom is -0.378 e. The Hall–Kier alpha value is -1.44. The van der Waals surface area contributed by atoms with E-state index in [1.54, 1.807) is 11.3 Å². The summed E-state index contributed by atoms with van der Waals surface area (Å²) in [6.45, 7) is 4.37. The summed E-state index contributed by atoms with van der Waals surface area (Å²) in [7, 11) is 0. The Bertz CT molecular complexity index is 577. The van der Waals surface area contributed by atoms with Crippen LogP contribution in [-0.4, -0.2) is 42.2 Å². The maximum absolute atomic E-state index is 12.9. The van der Waals surface area contributed by atoms with Gasteiger partial charge >= 0.3 is 0 Å². The van der Waals surface area contributed by atoms with Crippen LogP contribution in [0.25, 0.3) is 0 Å². The van der Waals surface area contributed by atoms with Crippen LogP contribution in [0.2, 0.25) is 0 Å². The van der Waals surface area contributed by atoms with Crippen molar-refractivity contribution in [2.45, 2.75) is 13.0 Å². The van der Waals surface area contributed by atoms with Crippen molar-refractivity contribution in [1.29, 1.82) is 0 Å². The number of nitrogens with one attached hydrogen (secondary N) is 2. The van der Waals surface area contributed by atoms with Crippen LogP contribution < -0.4 is 10.6 Å². The van der Waals surface area contributed by atoms with Gasteiger partial charge in [0.05, 0.1) is 24.8 Å². The Balaban J connectivity index is 1.93. The molecule has 112 valence electrons. The monoisotopic (exact) mass is 323 g/mol. The molecule has 0 bridgehead atoms. The molecule has 0 aliphatic carbocycles. The van der Waals surface area contributed by atoms with E-state index >= 15 is 0 Å². The van der Waals surface area contributed by atoms with Gasteiger partial charge in [0, 0.05) is 23.7 Å². The second kappa shape index (κ2) is 6.13. The maximum Gasteiger partial charge on any atom is 0.254 e. The summed E-state index contributed by atoms with van der Waals surface area (Å²) in [5.74, 6) is 0.0525. The summed E-state index contributed by atoms with van der Waals surface area (Å²) in [5, 5.41) is 8.85. The van der Waals surface area contributed by atoms with Crippen molar-refractivity contribution in [3.05, 3.63) is 33.7 Å². The molecule has 1 fully saturated rings. The van der Waals surface area contributed by atoms with E-state index in [0.29, 0.717) is 31.4 Å². The molecule has 3 rings (SSSR count). The van der Waals surface area contributed by atoms with E-state index in [9.17, 15) is 4.79 Å². The SMILES string of the molecule is CC1=C(C(=O)N2CCOCC2)[C@@H](c2cccs2)NC(=S)N1. The molecule has 0 unspecified atom stereocenters. The number of thiocarbonyl (C=S) groups is 1. The highest BCUT2D eigenvalue weighted by atomic mass is 32.1. The zero-order valence-corrected chi connectivity index (χ0v) is 13.4. The lowest BCUT2D eigenvalue weighted by molar-refractivity contribution is -0.131. The highest BCUT2D eigenvalue weighted by Crippen LogP contribution is 2.31. The lowest BCUT2D eigenvalue weighted by Gasteiger charge is -2.34. The quantitative estimate of drug-likeness (QED) is 0.806. The number of thiophene rings is 1. The van der Waals surface area contributed by atoms with Crippen LogP contribution in [0.3, 0.4) is 0 Å². The predicted octanol–water partition coefficient (Wildman–Crippen LogP) is 1.40. The number of rotatable bonds is 2. The first-order valence-corrected chi connectivity index (χ1v) is 8.14. The smallest absolute Gasteiger partial charge is 0.254 e. The van der Waals surface area contributed by atoms with Crippen LogP contribution in [0.15, 0.2) is 28.8 Å². The molecule has 3 heterocycles. The number of morpholine rings is 1. The van der Waals surface area contributed by atoms with E-state index in [4.69, 9.17) is 17.0 Å². The first-order valence-electron chi connectivity index (χ1n) is 6.85. The van der Waals surface area contributed by atoms with Crippen molar-refractivity contribution < 1.29 is 9.53 Å². The number of carbonyl (C=O) groups excluding carboxylic acids is 1. The molecule has 1 amide bonds. The third kappa shape index (κ3) is 2.95. The van der Waals surface area contributed by atoms with E-state index in [2.05, 4.69) is 10.6 Å². The second-order valence-corrected chi connectivity index (χ2v) is 6.38. The zero-order valence-electron chi connectivity index (χ0n) is 11.7. The molecule has 1 saturated heterocycles. The molecule has 2 N–H and O–H groups in total. The summed E-state index contributed by atoms with van der Waals surface area (Å²) >= 11 is 6.85. The molecule has 2 aliphatic rings. The number of carbonyl (C=O) groups is 1. The fourth-order valence-electron chi connectivity index (χ4n) is 2.58. The van der Waals surface area contributed by atoms with E-state index < -0.39 is 0 Å². The summed E-state index contributed by atoms with van der Waals surface area (Å²) in [6, 6.07) is 3.84. The van der Waals surface area contributed by atoms with Gasteiger partial charge < -0.3 is 20.3 Å². The Labute approximate surface area is 133 Å². The Morgan fingerprint density at radius 2 is 2.24 bits per heavy atom. The second-order valence-electron chi connectivity index (χ2n) is 4.99. The average Bonchev–Trinajstić information content (AvgIpc) is 3.01. The van der Waals surface area contributed by atoms with Gasteiger partial charge in [0.25, 0.3) is 5.91 Å². The number of hydrogen-bond acceptors (Lipinski definition) is 4. The number of hydrogen-bond donors (Lipinski definition) is 2. The van der Waals surface area contributed by atoms with Gasteiger partial charge in [-0.2, -0.15) is 0 Å². The fraction of sp³-hybridized carbons (Fsp3) is 0.429. The van der Waals surface area contributed by atoms with Crippen molar-refractivity contribution in [3.8, 4) is 0 Å². The van der Waals surface area contributed by atoms with Crippen molar-refractivity contribution in [2.24, 2.45) is 0 Å². The van der Waals surface area contributed by atoms with E-state index in [1.807, 2.05) is 29.3 Å². The molecule has 2 aliphatic heterocycles. The van der Waals surface area contributed by atoms with Crippen LogP contribution in [0, 0.1) is 0 Å². The Kier molecular flexibility index (Phi) is 4.23. The average molecular weight is 323 g/mol. The lowest BCUT2D eigenvalue weighted by atomic mass is 10.00. The van der Waals surface area contributed by atoms with Gasteiger partial charge in [-0.15, -0.1) is 11.3 Å². The first-order chi connectivity index (χ1) is 10.2. The van der Waals surface area contributed by atoms with Gasteiger partial charge in [0.1, 0.15) is 0 Å². The largest absolute Gasteiger partial charge is 0.378 e. The highest BCUT2D eigenvalue weighted by molar-refractivity contribution is 7.80. The molecule has 0 saturated carbocycles. The summed E-state index contributed by atoms with van der Waals surface area (Å²) < 4.78 is 5.32. The summed E-state index contributed by atoms with van der Waals surface area (Å²) in [5.41, 5.74) is 1.57. The predicted molar refractivity (Wildman–Crippen MR) is 86.0 cm³/mol. The fourth-order valence-corrected chi connectivity index (χ4v) is 3.64. The van der Waals surface area contributed by atoms with Crippen LogP contribution in [0.4, 0.5) is 0 Å². The van der Waals surface area contributed by atoms with Gasteiger partial charge in [-0.25, -0.2) is 0 Å². The molecule has 21 heavy (non-hydrogen) atoms. The van der Waals surface area contributed by atoms with Crippen molar-refractivity contribution in [3.63, 3.8) is 0 Å². The number of nitrogens with zero attached hydrogens (tertiary/aromatic N) is 1. The normalized spacial score (nSPS) is 22.8. The van der Waals surface area contributed by atoms with Crippen LogP contribution in [0.5, 0.6) is 0 Å². The van der Waals surface area contributed by atoms with Gasteiger partial charge in [-0.1, -0.05) is 6.07 Å². The van der Waals surface area contributed by atoms with E-state index in [-0.39, 0.29) is 11.9 Å². The lowest BCUT2D eigenvalue weighted by Crippen LogP contribution is -2.49. The standard InChI is InChI=1S/C14H17N3O2S2/c1-9-11(13(18)17-4-6-19-7-5-17)12(16-14(20)15-9)10-3-2-8-21-10/h2-3,8,12H,4-7H2,1H3,(H2,15,16,20)/t12-/m1/s1. The Morgan fingerprint density at radius 3 is 2.90 bits per heavy atom. The van der Waals surface area contributed by atoms with Gasteiger partial charge in [-0.05, 0) is 30.6 Å². The summed E-state index contributed by atoms with van der Waals surface area (Å²) in [6.07, 6.45) is 0. The molecule has 1 atom stereocenters. The zero-order chi connectivity index (χ0) is 14.8. The molecule has 7 heteroatoms. The minimum absolute atomic E-state index is 0.0525. The van der Waals surface area contributed by atoms with E-state index in [1.165, 1.54) is 0 Å². The number of ether oxygens (including phenoxy) is 1. The van der Waals surface area contributed by atoms with Gasteiger partial charge in [0.15, 0.2) is 5.11 Å². The first kappa shape index (κ1) is 14.5. The minimum atomic E-state index is -0.172. The third-order valence-corrected chi connectivity index (χ3v) is 4.78. The number of allylic oxidation sites excluding steroid dienone is 1. The van der Waals surface area contributed by atoms with E-state index in [0.717, 1.165) is 16.1 Å². The van der Waals surface area contributed by atoms with Crippen molar-refractivity contribution >= 4 is 34.6 Å². The maximum atomic E-state index is 12.9. The molecule has 0 spiro atoms. The third-order valence-electron chi connectivity index (χ3n) is 3.63. The molecule has 0 radical (unpaired) electrons. The van der Waals surface area contributed by atoms with Crippen molar-refractivity contribution in [1.82, 2.24) is 15.5 Å². The highest BCUT2D eigenvalue weighted by Gasteiger charge is 2.33. The van der Waals surface area contributed by atoms with Crippen LogP contribution >= 0.6 is 23.6 Å². The molecule has 1 aromatic heterocycles. The van der Waals surface area contributed by atoms with Crippen LogP contribution in [0.1, 0.15) is 17.8 Å². The molecule has 1 aromatic rings. The topological polar surface area (TPSA) is 53.6 Å². The molecule has 0 aromatic carbocycles. The molecular formula is C14H17N3O2S2.